The molecule has 0 amide bonds. The fraction of sp³-hybridized carbons (Fsp3) is 0.655. The normalized spacial score (nSPS) is 20.8. The van der Waals surface area contributed by atoms with Gasteiger partial charge in [-0.1, -0.05) is 73.0 Å². The number of nitrogens with one attached hydrogen (secondary N) is 1. The van der Waals surface area contributed by atoms with Crippen molar-refractivity contribution >= 4 is 55.9 Å². The van der Waals surface area contributed by atoms with Crippen LogP contribution in [0.1, 0.15) is 72.1 Å². The molecule has 0 radical (unpaired) electrons. The predicted octanol–water partition coefficient (Wildman–Crippen LogP) is 7.86. The maximum Gasteiger partial charge on any atom is 0.199 e. The van der Waals surface area contributed by atoms with Gasteiger partial charge in [0.2, 0.25) is 0 Å². The molecule has 1 heterocycles. The number of anilines is 1. The summed E-state index contributed by atoms with van der Waals surface area (Å²) in [5, 5.41) is 5.18. The van der Waals surface area contributed by atoms with Gasteiger partial charge in [-0.05, 0) is 100 Å². The quantitative estimate of drug-likeness (QED) is 0.0975. The number of thioether (sulfide) groups is 1. The summed E-state index contributed by atoms with van der Waals surface area (Å²) in [6.07, 6.45) is 14.5. The highest BCUT2D eigenvalue weighted by molar-refractivity contribution is 9.09. The Morgan fingerprint density at radius 1 is 1.30 bits per heavy atom. The molecule has 0 aromatic heterocycles. The summed E-state index contributed by atoms with van der Waals surface area (Å²) >= 11 is 10.4. The number of alkyl halides is 1. The lowest BCUT2D eigenvalue weighted by Crippen LogP contribution is -2.30. The molecule has 2 atom stereocenters. The molecule has 5 nitrogen and oxygen atoms in total. The van der Waals surface area contributed by atoms with E-state index < -0.39 is 0 Å². The maximum absolute atomic E-state index is 6.10. The molecule has 0 bridgehead atoms. The minimum atomic E-state index is 0.376. The average molecular weight is 612 g/mol. The molecule has 0 spiro atoms. The minimum Gasteiger partial charge on any atom is -0.492 e. The zero-order chi connectivity index (χ0) is 27.1. The monoisotopic (exact) mass is 610 g/mol. The van der Waals surface area contributed by atoms with Crippen molar-refractivity contribution in [2.75, 3.05) is 36.6 Å². The molecule has 3 rings (SSSR count). The lowest BCUT2D eigenvalue weighted by atomic mass is 9.77. The second-order valence-corrected chi connectivity index (χ2v) is 12.7. The van der Waals surface area contributed by atoms with Crippen LogP contribution in [0.25, 0.3) is 0 Å². The van der Waals surface area contributed by atoms with Crippen molar-refractivity contribution in [1.29, 1.82) is 0 Å². The Bertz CT molecular complexity index is 856. The molecule has 3 N–H and O–H groups in total. The second kappa shape index (κ2) is 17.5. The van der Waals surface area contributed by atoms with Gasteiger partial charge in [-0.2, -0.15) is 4.99 Å². The second-order valence-electron chi connectivity index (χ2n) is 10.7. The van der Waals surface area contributed by atoms with Gasteiger partial charge in [0.15, 0.2) is 10.3 Å². The lowest BCUT2D eigenvalue weighted by molar-refractivity contribution is 0.198. The zero-order valence-electron chi connectivity index (χ0n) is 23.2. The number of nitrogens with zero attached hydrogens (tertiary/aromatic N) is 2. The van der Waals surface area contributed by atoms with Crippen molar-refractivity contribution in [3.8, 4) is 5.75 Å². The Labute approximate surface area is 243 Å². The molecule has 208 valence electrons. The molecule has 8 heteroatoms. The van der Waals surface area contributed by atoms with Crippen molar-refractivity contribution in [3.05, 3.63) is 36.4 Å². The van der Waals surface area contributed by atoms with Crippen LogP contribution in [0.2, 0.25) is 0 Å². The SMILES string of the molecule is C/C=C\CC(C)CBr.CN1CCCC1COc1ccc(NC(=S)/N=C(\N)SCC2(C)CCCCC2)cc1. The van der Waals surface area contributed by atoms with Gasteiger partial charge in [-0.25, -0.2) is 0 Å². The molecule has 1 aromatic carbocycles. The molecule has 1 aromatic rings. The van der Waals surface area contributed by atoms with Crippen LogP contribution in [0.15, 0.2) is 41.4 Å². The molecule has 1 saturated heterocycles. The van der Waals surface area contributed by atoms with Gasteiger partial charge in [-0.3, -0.25) is 0 Å². The van der Waals surface area contributed by atoms with E-state index in [0.717, 1.165) is 41.6 Å². The average Bonchev–Trinajstić information content (AvgIpc) is 3.31. The van der Waals surface area contributed by atoms with Gasteiger partial charge >= 0.3 is 0 Å². The summed E-state index contributed by atoms with van der Waals surface area (Å²) in [5.74, 6) is 2.67. The Hall–Kier alpha value is -1.09. The van der Waals surface area contributed by atoms with Crippen LogP contribution in [0.5, 0.6) is 5.75 Å². The largest absolute Gasteiger partial charge is 0.492 e. The van der Waals surface area contributed by atoms with Crippen LogP contribution in [0.4, 0.5) is 5.69 Å². The number of likely N-dealkylation sites (tertiary alicyclic amines) is 1. The number of hydrogen-bond donors (Lipinski definition) is 2. The first-order valence-corrected chi connectivity index (χ1v) is 16.1. The van der Waals surface area contributed by atoms with Gasteiger partial charge in [0.1, 0.15) is 12.4 Å². The summed E-state index contributed by atoms with van der Waals surface area (Å²) in [6.45, 7) is 8.54. The third kappa shape index (κ3) is 13.0. The van der Waals surface area contributed by atoms with Crippen LogP contribution in [-0.2, 0) is 0 Å². The van der Waals surface area contributed by atoms with E-state index in [1.165, 1.54) is 51.4 Å². The molecular weight excluding hydrogens is 564 g/mol. The maximum atomic E-state index is 6.10. The number of thiocarbonyl (C=S) groups is 1. The van der Waals surface area contributed by atoms with Gasteiger partial charge < -0.3 is 20.7 Å². The number of aliphatic imine (C=N–C) groups is 1. The highest BCUT2D eigenvalue weighted by atomic mass is 79.9. The molecular formula is C29H47BrN4OS2. The van der Waals surface area contributed by atoms with E-state index in [1.54, 1.807) is 11.8 Å². The number of amidine groups is 1. The predicted molar refractivity (Wildman–Crippen MR) is 171 cm³/mol. The number of nitrogens with two attached hydrogens (primary N) is 1. The van der Waals surface area contributed by atoms with E-state index in [-0.39, 0.29) is 0 Å². The fourth-order valence-electron chi connectivity index (χ4n) is 4.53. The molecule has 1 aliphatic heterocycles. The summed E-state index contributed by atoms with van der Waals surface area (Å²) in [5.41, 5.74) is 7.37. The minimum absolute atomic E-state index is 0.376. The van der Waals surface area contributed by atoms with Crippen molar-refractivity contribution in [2.24, 2.45) is 22.1 Å². The highest BCUT2D eigenvalue weighted by Crippen LogP contribution is 2.38. The molecule has 1 saturated carbocycles. The van der Waals surface area contributed by atoms with Gasteiger partial charge in [0.05, 0.1) is 0 Å². The van der Waals surface area contributed by atoms with Crippen LogP contribution in [-0.4, -0.2) is 52.5 Å². The van der Waals surface area contributed by atoms with E-state index in [1.807, 2.05) is 24.3 Å². The Morgan fingerprint density at radius 2 is 2.00 bits per heavy atom. The smallest absolute Gasteiger partial charge is 0.199 e. The topological polar surface area (TPSA) is 62.9 Å². The third-order valence-electron chi connectivity index (χ3n) is 7.10. The summed E-state index contributed by atoms with van der Waals surface area (Å²) in [4.78, 5) is 6.71. The van der Waals surface area contributed by atoms with E-state index >= 15 is 0 Å². The standard InChI is InChI=1S/C22H34N4OS2.C7H13Br/c1-22(12-4-3-5-13-22)16-29-20(23)25-21(28)24-17-8-10-19(11-9-17)27-15-18-7-6-14-26(18)2;1-3-4-5-7(2)6-8/h8-11,18H,3-7,12-16H2,1-2H3,(H3,23,24,25,28);3-4,7H,5-6H2,1-2H3/b;4-3-. The van der Waals surface area contributed by atoms with Gasteiger partial charge in [-0.15, -0.1) is 0 Å². The Kier molecular flexibility index (Phi) is 15.2. The zero-order valence-corrected chi connectivity index (χ0v) is 26.4. The molecule has 2 unspecified atom stereocenters. The summed E-state index contributed by atoms with van der Waals surface area (Å²) < 4.78 is 5.93. The number of hydrogen-bond acceptors (Lipinski definition) is 4. The van der Waals surface area contributed by atoms with Crippen molar-refractivity contribution in [2.45, 2.75) is 78.2 Å². The fourth-order valence-corrected chi connectivity index (χ4v) is 6.01. The molecule has 1 aliphatic carbocycles. The van der Waals surface area contributed by atoms with Crippen molar-refractivity contribution in [1.82, 2.24) is 4.90 Å². The number of allylic oxidation sites excluding steroid dienone is 2. The van der Waals surface area contributed by atoms with Crippen LogP contribution < -0.4 is 15.8 Å². The van der Waals surface area contributed by atoms with E-state index in [0.29, 0.717) is 21.7 Å². The first-order valence-electron chi connectivity index (χ1n) is 13.6. The van der Waals surface area contributed by atoms with E-state index in [9.17, 15) is 0 Å². The summed E-state index contributed by atoms with van der Waals surface area (Å²) in [7, 11) is 2.16. The Morgan fingerprint density at radius 3 is 2.59 bits per heavy atom. The van der Waals surface area contributed by atoms with Crippen molar-refractivity contribution < 1.29 is 4.74 Å². The molecule has 2 aliphatic rings. The molecule has 37 heavy (non-hydrogen) atoms. The first kappa shape index (κ1) is 32.1. The Balaban J connectivity index is 0.000000521. The van der Waals surface area contributed by atoms with E-state index in [2.05, 4.69) is 71.1 Å². The number of benzene rings is 1. The lowest BCUT2D eigenvalue weighted by Gasteiger charge is -2.33. The summed E-state index contributed by atoms with van der Waals surface area (Å²) in [6, 6.07) is 8.37. The number of likely N-dealkylation sites (N-methyl/N-ethyl adjacent to an activating group) is 1. The van der Waals surface area contributed by atoms with Crippen LogP contribution in [0, 0.1) is 11.3 Å². The van der Waals surface area contributed by atoms with Gasteiger partial charge in [0.25, 0.3) is 0 Å². The number of ether oxygens (including phenoxy) is 1. The van der Waals surface area contributed by atoms with Crippen LogP contribution >= 0.6 is 39.9 Å². The molecule has 2 fully saturated rings. The van der Waals surface area contributed by atoms with Crippen LogP contribution in [0.3, 0.4) is 0 Å². The highest BCUT2D eigenvalue weighted by Gasteiger charge is 2.27. The van der Waals surface area contributed by atoms with Gasteiger partial charge in [0, 0.05) is 22.8 Å². The first-order chi connectivity index (χ1) is 17.7. The van der Waals surface area contributed by atoms with E-state index in [4.69, 9.17) is 22.7 Å². The number of halogens is 1. The number of rotatable bonds is 9. The van der Waals surface area contributed by atoms with Crippen molar-refractivity contribution in [3.63, 3.8) is 0 Å². The third-order valence-corrected chi connectivity index (χ3v) is 9.62.